The van der Waals surface area contributed by atoms with Gasteiger partial charge in [0, 0.05) is 0 Å². The molecule has 0 radical (unpaired) electrons. The number of hydrogen-bond acceptors (Lipinski definition) is 0. The third-order valence-corrected chi connectivity index (χ3v) is 0. The van der Waals surface area contributed by atoms with E-state index < -0.39 is 0 Å². The minimum absolute atomic E-state index is 0. The molecule has 0 aromatic rings. The molecule has 72 valence electrons. The van der Waals surface area contributed by atoms with Gasteiger partial charge in [0.2, 0.25) is 0 Å². The monoisotopic (exact) mass is 686 g/mol. The molecule has 0 fully saturated rings. The van der Waals surface area contributed by atoms with Crippen LogP contribution in [-0.4, -0.2) is 0 Å². The van der Waals surface area contributed by atoms with Crippen LogP contribution in [0.2, 0.25) is 0 Å². The van der Waals surface area contributed by atoms with E-state index in [-0.39, 0.29) is 146 Å². The fraction of sp³-hybridized carbons (Fsp3) is 0. The second-order valence-corrected chi connectivity index (χ2v) is 0. The summed E-state index contributed by atoms with van der Waals surface area (Å²) in [5.41, 5.74) is 0. The van der Waals surface area contributed by atoms with Crippen LogP contribution >= 0.6 is 0 Å². The van der Waals surface area contributed by atoms with Crippen LogP contribution in [0.4, 0.5) is 0 Å². The number of hydrogen-bond donors (Lipinski definition) is 0. The van der Waals surface area contributed by atoms with E-state index in [4.69, 9.17) is 0 Å². The summed E-state index contributed by atoms with van der Waals surface area (Å²) in [6.07, 6.45) is 0. The van der Waals surface area contributed by atoms with E-state index in [1.54, 1.807) is 0 Å². The van der Waals surface area contributed by atoms with Crippen LogP contribution in [0.15, 0.2) is 0 Å². The third-order valence-electron chi connectivity index (χ3n) is 0. The molecule has 0 aromatic heterocycles. The van der Waals surface area contributed by atoms with Gasteiger partial charge in [-0.25, -0.2) is 0 Å². The molecule has 0 aliphatic heterocycles. The van der Waals surface area contributed by atoms with Gasteiger partial charge in [0.25, 0.3) is 0 Å². The van der Waals surface area contributed by atoms with E-state index in [1.165, 1.54) is 0 Å². The van der Waals surface area contributed by atoms with E-state index in [0.717, 1.165) is 0 Å². The Morgan fingerprint density at radius 2 is 0.231 bits per heavy atom. The van der Waals surface area contributed by atoms with Crippen LogP contribution in [0.25, 0.3) is 0 Å². The van der Waals surface area contributed by atoms with Crippen molar-refractivity contribution in [1.29, 1.82) is 0 Å². The maximum atomic E-state index is 0. The molecule has 13 heavy (non-hydrogen) atoms. The molecule has 0 atom stereocenters. The number of rotatable bonds is 0. The normalized spacial score (nSPS) is 0. The molecule has 9 nitrogen and oxygen atoms in total. The zero-order valence-corrected chi connectivity index (χ0v) is 16.9. The zero-order chi connectivity index (χ0) is 0. The standard InChI is InChI=1S/9O.2Ta.2Zr/q9*-2;2*+5;2*+4. The van der Waals surface area contributed by atoms with Crippen molar-refractivity contribution in [2.24, 2.45) is 0 Å². The van der Waals surface area contributed by atoms with Gasteiger partial charge in [-0.05, 0) is 0 Å². The van der Waals surface area contributed by atoms with E-state index in [9.17, 15) is 0 Å². The van der Waals surface area contributed by atoms with Gasteiger partial charge in [-0.15, -0.1) is 0 Å². The largest absolute Gasteiger partial charge is 5.00 e. The molecule has 0 unspecified atom stereocenters. The predicted octanol–water partition coefficient (Wildman–Crippen LogP) is -1.08. The molecule has 0 heterocycles. The summed E-state index contributed by atoms with van der Waals surface area (Å²) >= 11 is 0. The van der Waals surface area contributed by atoms with Gasteiger partial charge in [0.15, 0.2) is 0 Å². The van der Waals surface area contributed by atoms with E-state index in [2.05, 4.69) is 0 Å². The minimum Gasteiger partial charge on any atom is -2.00 e. The first kappa shape index (κ1) is 422. The van der Waals surface area contributed by atoms with Crippen molar-refractivity contribution in [3.05, 3.63) is 0 Å². The summed E-state index contributed by atoms with van der Waals surface area (Å²) in [7, 11) is 0. The van der Waals surface area contributed by atoms with Crippen molar-refractivity contribution in [3.8, 4) is 0 Å². The second kappa shape index (κ2) is 344. The van der Waals surface area contributed by atoms with E-state index >= 15 is 0 Å². The predicted molar refractivity (Wildman–Crippen MR) is 6.18 cm³/mol. The topological polar surface area (TPSA) is 256 Å². The van der Waals surface area contributed by atoms with Crippen LogP contribution in [0.5, 0.6) is 0 Å². The van der Waals surface area contributed by atoms with Crippen LogP contribution in [0.3, 0.4) is 0 Å². The molecular weight excluding hydrogens is 688 g/mol. The first-order valence-corrected chi connectivity index (χ1v) is 0. The Bertz CT molecular complexity index is 15.6. The molecule has 0 spiro atoms. The quantitative estimate of drug-likeness (QED) is 0.294. The van der Waals surface area contributed by atoms with Crippen LogP contribution < -0.4 is 0 Å². The van der Waals surface area contributed by atoms with Gasteiger partial charge in [0.05, 0.1) is 0 Å². The average molecular weight is 688 g/mol. The molecule has 0 rings (SSSR count). The third kappa shape index (κ3) is 297. The summed E-state index contributed by atoms with van der Waals surface area (Å²) < 4.78 is 0. The molecule has 0 aliphatic rings. The molecule has 0 N–H and O–H groups in total. The molecule has 0 amide bonds. The second-order valence-electron chi connectivity index (χ2n) is 0. The summed E-state index contributed by atoms with van der Waals surface area (Å²) in [5.74, 6) is 0. The van der Waals surface area contributed by atoms with E-state index in [0.29, 0.717) is 0 Å². The first-order chi connectivity index (χ1) is 0. The Hall–Kier alpha value is 2.89. The fourth-order valence-corrected chi connectivity index (χ4v) is 0. The Morgan fingerprint density at radius 3 is 0.231 bits per heavy atom. The van der Waals surface area contributed by atoms with E-state index in [1.807, 2.05) is 0 Å². The molecule has 13 heteroatoms. The molecular formula is O9Ta2Zr2. The van der Waals surface area contributed by atoms with Gasteiger partial charge in [-0.2, -0.15) is 0 Å². The average Bonchev–Trinajstić information content (AvgIpc) is 0. The van der Waals surface area contributed by atoms with Crippen LogP contribution in [0, 0.1) is 0 Å². The van der Waals surface area contributed by atoms with Gasteiger partial charge in [-0.1, -0.05) is 0 Å². The molecule has 0 aromatic carbocycles. The summed E-state index contributed by atoms with van der Waals surface area (Å²) in [5, 5.41) is 0. The fourth-order valence-electron chi connectivity index (χ4n) is 0. The van der Waals surface area contributed by atoms with Crippen molar-refractivity contribution < 1.29 is 146 Å². The maximum absolute atomic E-state index is 0. The van der Waals surface area contributed by atoms with Crippen LogP contribution in [0.1, 0.15) is 0 Å². The maximum Gasteiger partial charge on any atom is 5.00 e. The van der Waals surface area contributed by atoms with Crippen molar-refractivity contribution in [1.82, 2.24) is 0 Å². The molecule has 0 bridgehead atoms. The van der Waals surface area contributed by atoms with Crippen LogP contribution in [-0.2, 0) is 146 Å². The Kier molecular flexibility index (Phi) is 11200. The van der Waals surface area contributed by atoms with Crippen molar-refractivity contribution in [3.63, 3.8) is 0 Å². The Morgan fingerprint density at radius 1 is 0.231 bits per heavy atom. The molecule has 0 aliphatic carbocycles. The Labute approximate surface area is 144 Å². The summed E-state index contributed by atoms with van der Waals surface area (Å²) in [6.45, 7) is 0. The summed E-state index contributed by atoms with van der Waals surface area (Å²) in [6, 6.07) is 0. The van der Waals surface area contributed by atoms with Gasteiger partial charge in [-0.3, -0.25) is 0 Å². The summed E-state index contributed by atoms with van der Waals surface area (Å²) in [4.78, 5) is 0. The van der Waals surface area contributed by atoms with Crippen molar-refractivity contribution >= 4 is 0 Å². The smallest absolute Gasteiger partial charge is 2.00 e. The van der Waals surface area contributed by atoms with Gasteiger partial charge >= 0.3 is 97.2 Å². The van der Waals surface area contributed by atoms with Gasteiger partial charge in [0.1, 0.15) is 0 Å². The SMILES string of the molecule is [O-2].[O-2].[O-2].[O-2].[O-2].[O-2].[O-2].[O-2].[O-2].[Ta+5].[Ta+5].[Zr+4].[Zr+4]. The first-order valence-electron chi connectivity index (χ1n) is 0. The van der Waals surface area contributed by atoms with Crippen molar-refractivity contribution in [2.75, 3.05) is 0 Å². The molecule has 0 saturated carbocycles. The Balaban J connectivity index is 0. The van der Waals surface area contributed by atoms with Gasteiger partial charge < -0.3 is 49.3 Å². The zero-order valence-electron chi connectivity index (χ0n) is 5.57. The minimum atomic E-state index is 0. The van der Waals surface area contributed by atoms with Crippen molar-refractivity contribution in [2.45, 2.75) is 0 Å². The molecule has 0 saturated heterocycles.